The zero-order valence-electron chi connectivity index (χ0n) is 10.3. The molecule has 2 saturated heterocycles. The lowest BCUT2D eigenvalue weighted by atomic mass is 10.1. The Morgan fingerprint density at radius 1 is 1.41 bits per heavy atom. The maximum absolute atomic E-state index is 11.5. The topological polar surface area (TPSA) is 64.6 Å². The molecule has 2 heterocycles. The fourth-order valence-corrected chi connectivity index (χ4v) is 2.57. The number of carbonyl (C=O) groups excluding carboxylic acids is 1. The van der Waals surface area contributed by atoms with Crippen LogP contribution < -0.4 is 10.6 Å². The Labute approximate surface area is 103 Å². The van der Waals surface area contributed by atoms with Gasteiger partial charge in [-0.05, 0) is 38.8 Å². The molecule has 0 aromatic carbocycles. The highest BCUT2D eigenvalue weighted by Gasteiger charge is 2.22. The van der Waals surface area contributed by atoms with Crippen molar-refractivity contribution in [1.82, 2.24) is 15.5 Å². The van der Waals surface area contributed by atoms with Gasteiger partial charge in [0.25, 0.3) is 0 Å². The monoisotopic (exact) mass is 241 g/mol. The third-order valence-electron chi connectivity index (χ3n) is 3.55. The van der Waals surface area contributed by atoms with Crippen LogP contribution in [0.25, 0.3) is 0 Å². The summed E-state index contributed by atoms with van der Waals surface area (Å²) in [6.45, 7) is 4.21. The molecule has 0 bridgehead atoms. The Morgan fingerprint density at radius 2 is 2.18 bits per heavy atom. The number of nitrogens with zero attached hydrogens (tertiary/aromatic N) is 1. The van der Waals surface area contributed by atoms with Gasteiger partial charge in [-0.15, -0.1) is 0 Å². The van der Waals surface area contributed by atoms with Crippen molar-refractivity contribution < 1.29 is 9.90 Å². The number of rotatable bonds is 5. The third-order valence-corrected chi connectivity index (χ3v) is 3.55. The quantitative estimate of drug-likeness (QED) is 0.596. The van der Waals surface area contributed by atoms with Crippen molar-refractivity contribution in [3.63, 3.8) is 0 Å². The van der Waals surface area contributed by atoms with E-state index in [4.69, 9.17) is 0 Å². The van der Waals surface area contributed by atoms with Crippen LogP contribution in [0.5, 0.6) is 0 Å². The van der Waals surface area contributed by atoms with E-state index >= 15 is 0 Å². The summed E-state index contributed by atoms with van der Waals surface area (Å²) in [5.41, 5.74) is 0. The summed E-state index contributed by atoms with van der Waals surface area (Å²) in [5.74, 6) is 0.0737. The molecule has 3 N–H and O–H groups in total. The number of β-amino-alcohol motifs (C(OH)–C–C–N with tert-alkyl or cyclic N) is 1. The van der Waals surface area contributed by atoms with Crippen LogP contribution in [0.4, 0.5) is 0 Å². The van der Waals surface area contributed by atoms with Crippen LogP contribution in [-0.4, -0.2) is 60.8 Å². The van der Waals surface area contributed by atoms with E-state index in [-0.39, 0.29) is 18.1 Å². The van der Waals surface area contributed by atoms with Crippen LogP contribution in [-0.2, 0) is 4.79 Å². The molecular formula is C12H23N3O2. The number of aliphatic hydroxyl groups excluding tert-OH is 1. The molecule has 2 aliphatic heterocycles. The minimum atomic E-state index is -0.372. The standard InChI is InChI=1S/C12H23N3O2/c16-10(9-15-6-1-2-7-15)8-14-11-4-3-5-13-12(11)17/h10-11,14,16H,1-9H2,(H,13,17). The van der Waals surface area contributed by atoms with Gasteiger partial charge < -0.3 is 20.6 Å². The lowest BCUT2D eigenvalue weighted by Crippen LogP contribution is -2.51. The van der Waals surface area contributed by atoms with Crippen LogP contribution >= 0.6 is 0 Å². The third kappa shape index (κ3) is 3.94. The second kappa shape index (κ2) is 6.33. The summed E-state index contributed by atoms with van der Waals surface area (Å²) in [7, 11) is 0. The first kappa shape index (κ1) is 12.8. The maximum Gasteiger partial charge on any atom is 0.237 e. The molecule has 1 amide bonds. The number of carbonyl (C=O) groups is 1. The van der Waals surface area contributed by atoms with E-state index in [1.54, 1.807) is 0 Å². The van der Waals surface area contributed by atoms with Gasteiger partial charge in [0.1, 0.15) is 0 Å². The van der Waals surface area contributed by atoms with Crippen LogP contribution in [0.15, 0.2) is 0 Å². The van der Waals surface area contributed by atoms with E-state index in [0.717, 1.165) is 39.0 Å². The van der Waals surface area contributed by atoms with Crippen molar-refractivity contribution in [2.24, 2.45) is 0 Å². The highest BCUT2D eigenvalue weighted by molar-refractivity contribution is 5.82. The number of likely N-dealkylation sites (tertiary alicyclic amines) is 1. The number of piperidine rings is 1. The van der Waals surface area contributed by atoms with Crippen molar-refractivity contribution in [2.75, 3.05) is 32.7 Å². The van der Waals surface area contributed by atoms with Crippen molar-refractivity contribution in [3.8, 4) is 0 Å². The normalized spacial score (nSPS) is 28.1. The molecule has 0 saturated carbocycles. The van der Waals surface area contributed by atoms with Gasteiger partial charge in [-0.3, -0.25) is 4.79 Å². The van der Waals surface area contributed by atoms with Gasteiger partial charge in [0.05, 0.1) is 12.1 Å². The van der Waals surface area contributed by atoms with Gasteiger partial charge in [-0.1, -0.05) is 0 Å². The fraction of sp³-hybridized carbons (Fsp3) is 0.917. The summed E-state index contributed by atoms with van der Waals surface area (Å²) in [6, 6.07) is -0.114. The first-order valence-electron chi connectivity index (χ1n) is 6.67. The summed E-state index contributed by atoms with van der Waals surface area (Å²) in [4.78, 5) is 13.8. The molecule has 2 atom stereocenters. The molecule has 2 unspecified atom stereocenters. The predicted octanol–water partition coefficient (Wildman–Crippen LogP) is -0.689. The van der Waals surface area contributed by atoms with E-state index in [2.05, 4.69) is 15.5 Å². The number of hydrogen-bond donors (Lipinski definition) is 3. The van der Waals surface area contributed by atoms with Gasteiger partial charge in [0, 0.05) is 19.6 Å². The molecule has 5 heteroatoms. The minimum absolute atomic E-state index is 0.0737. The molecule has 17 heavy (non-hydrogen) atoms. The van der Waals surface area contributed by atoms with Crippen LogP contribution in [0.3, 0.4) is 0 Å². The molecule has 2 rings (SSSR count). The predicted molar refractivity (Wildman–Crippen MR) is 65.7 cm³/mol. The molecule has 5 nitrogen and oxygen atoms in total. The van der Waals surface area contributed by atoms with E-state index in [0.29, 0.717) is 6.54 Å². The smallest absolute Gasteiger partial charge is 0.237 e. The Hall–Kier alpha value is -0.650. The van der Waals surface area contributed by atoms with Gasteiger partial charge in [0.15, 0.2) is 0 Å². The summed E-state index contributed by atoms with van der Waals surface area (Å²) in [5, 5.41) is 15.9. The average molecular weight is 241 g/mol. The van der Waals surface area contributed by atoms with Crippen LogP contribution in [0, 0.1) is 0 Å². The molecule has 0 aliphatic carbocycles. The fourth-order valence-electron chi connectivity index (χ4n) is 2.57. The zero-order chi connectivity index (χ0) is 12.1. The molecule has 0 spiro atoms. The summed E-state index contributed by atoms with van der Waals surface area (Å²) in [6.07, 6.45) is 4.01. The first-order valence-corrected chi connectivity index (χ1v) is 6.67. The maximum atomic E-state index is 11.5. The molecule has 2 aliphatic rings. The Bertz CT molecular complexity index is 254. The first-order chi connectivity index (χ1) is 8.25. The average Bonchev–Trinajstić information content (AvgIpc) is 2.81. The lowest BCUT2D eigenvalue weighted by Gasteiger charge is -2.25. The molecule has 0 radical (unpaired) electrons. The minimum Gasteiger partial charge on any atom is -0.390 e. The largest absolute Gasteiger partial charge is 0.390 e. The van der Waals surface area contributed by atoms with Gasteiger partial charge >= 0.3 is 0 Å². The second-order valence-electron chi connectivity index (χ2n) is 5.06. The summed E-state index contributed by atoms with van der Waals surface area (Å²) >= 11 is 0. The highest BCUT2D eigenvalue weighted by atomic mass is 16.3. The molecule has 2 fully saturated rings. The highest BCUT2D eigenvalue weighted by Crippen LogP contribution is 2.08. The van der Waals surface area contributed by atoms with Crippen molar-refractivity contribution in [2.45, 2.75) is 37.8 Å². The summed E-state index contributed by atoms with van der Waals surface area (Å²) < 4.78 is 0. The van der Waals surface area contributed by atoms with E-state index < -0.39 is 0 Å². The number of nitrogens with one attached hydrogen (secondary N) is 2. The van der Waals surface area contributed by atoms with Gasteiger partial charge in [0.2, 0.25) is 5.91 Å². The van der Waals surface area contributed by atoms with Crippen molar-refractivity contribution in [1.29, 1.82) is 0 Å². The van der Waals surface area contributed by atoms with Crippen LogP contribution in [0.2, 0.25) is 0 Å². The lowest BCUT2D eigenvalue weighted by molar-refractivity contribution is -0.124. The van der Waals surface area contributed by atoms with Gasteiger partial charge in [-0.2, -0.15) is 0 Å². The number of aliphatic hydroxyl groups is 1. The van der Waals surface area contributed by atoms with Gasteiger partial charge in [-0.25, -0.2) is 0 Å². The van der Waals surface area contributed by atoms with E-state index in [9.17, 15) is 9.90 Å². The Morgan fingerprint density at radius 3 is 2.88 bits per heavy atom. The molecule has 0 aromatic heterocycles. The Balaban J connectivity index is 1.64. The Kier molecular flexibility index (Phi) is 4.76. The number of hydrogen-bond acceptors (Lipinski definition) is 4. The van der Waals surface area contributed by atoms with Crippen molar-refractivity contribution in [3.05, 3.63) is 0 Å². The van der Waals surface area contributed by atoms with Crippen LogP contribution in [0.1, 0.15) is 25.7 Å². The molecule has 0 aromatic rings. The molecule has 98 valence electrons. The van der Waals surface area contributed by atoms with E-state index in [1.165, 1.54) is 12.8 Å². The van der Waals surface area contributed by atoms with E-state index in [1.807, 2.05) is 0 Å². The number of amides is 1. The molecular weight excluding hydrogens is 218 g/mol. The zero-order valence-corrected chi connectivity index (χ0v) is 10.3. The van der Waals surface area contributed by atoms with Crippen molar-refractivity contribution >= 4 is 5.91 Å². The second-order valence-corrected chi connectivity index (χ2v) is 5.06. The SMILES string of the molecule is O=C1NCCCC1NCC(O)CN1CCCC1.